The highest BCUT2D eigenvalue weighted by molar-refractivity contribution is 7.71. The van der Waals surface area contributed by atoms with Gasteiger partial charge in [-0.2, -0.15) is 5.10 Å². The Morgan fingerprint density at radius 1 is 1.30 bits per heavy atom. The van der Waals surface area contributed by atoms with Gasteiger partial charge in [0.1, 0.15) is 5.56 Å². The Morgan fingerprint density at radius 2 is 2.00 bits per heavy atom. The lowest BCUT2D eigenvalue weighted by Gasteiger charge is -1.99. The van der Waals surface area contributed by atoms with Crippen LogP contribution in [0.3, 0.4) is 0 Å². The molecule has 0 aliphatic heterocycles. The van der Waals surface area contributed by atoms with E-state index in [1.807, 2.05) is 0 Å². The van der Waals surface area contributed by atoms with Crippen molar-refractivity contribution in [1.82, 2.24) is 15.4 Å². The number of aromatic amines is 2. The average molecular weight is 290 g/mol. The van der Waals surface area contributed by atoms with E-state index in [0.717, 1.165) is 6.21 Å². The first-order valence-corrected chi connectivity index (χ1v) is 5.93. The highest BCUT2D eigenvalue weighted by Gasteiger charge is 2.05. The van der Waals surface area contributed by atoms with Gasteiger partial charge in [0, 0.05) is 5.56 Å². The van der Waals surface area contributed by atoms with Crippen molar-refractivity contribution in [2.24, 2.45) is 5.10 Å². The molecule has 2 aromatic rings. The van der Waals surface area contributed by atoms with Crippen molar-refractivity contribution in [2.45, 2.75) is 0 Å². The minimum Gasteiger partial charge on any atom is -0.494 e. The molecule has 102 valence electrons. The number of rotatable bonds is 3. The standard InChI is InChI=1S/C12H10N4O3S/c17-9(7-4-2-1-3-5-7)16-13-6-8-10(18)14-12(20)15-11(8)19/h1-6H,(H,16,17)(H3,14,15,18,19,20)/b13-6+. The molecule has 0 unspecified atom stereocenters. The van der Waals surface area contributed by atoms with Gasteiger partial charge in [0.05, 0.1) is 6.21 Å². The van der Waals surface area contributed by atoms with E-state index >= 15 is 0 Å². The lowest BCUT2D eigenvalue weighted by atomic mass is 10.2. The summed E-state index contributed by atoms with van der Waals surface area (Å²) in [5, 5.41) is 13.1. The topological polar surface area (TPSA) is 110 Å². The number of hydrogen-bond acceptors (Lipinski definition) is 5. The Hall–Kier alpha value is -2.74. The quantitative estimate of drug-likeness (QED) is 0.382. The van der Waals surface area contributed by atoms with E-state index in [9.17, 15) is 14.7 Å². The second kappa shape index (κ2) is 5.93. The van der Waals surface area contributed by atoms with Crippen molar-refractivity contribution in [3.05, 3.63) is 56.6 Å². The molecule has 0 bridgehead atoms. The third-order valence-corrected chi connectivity index (χ3v) is 2.56. The van der Waals surface area contributed by atoms with Gasteiger partial charge in [-0.15, -0.1) is 0 Å². The molecule has 0 atom stereocenters. The van der Waals surface area contributed by atoms with Gasteiger partial charge in [-0.25, -0.2) is 5.43 Å². The summed E-state index contributed by atoms with van der Waals surface area (Å²) in [6.07, 6.45) is 1.03. The Labute approximate surface area is 118 Å². The number of amides is 1. The Bertz CT molecular complexity index is 764. The second-order valence-electron chi connectivity index (χ2n) is 3.74. The molecule has 0 fully saturated rings. The van der Waals surface area contributed by atoms with Crippen molar-refractivity contribution in [3.63, 3.8) is 0 Å². The molecule has 2 rings (SSSR count). The number of carbonyl (C=O) groups excluding carboxylic acids is 1. The van der Waals surface area contributed by atoms with Gasteiger partial charge in [-0.1, -0.05) is 18.2 Å². The van der Waals surface area contributed by atoms with Crippen LogP contribution in [0.2, 0.25) is 0 Å². The smallest absolute Gasteiger partial charge is 0.271 e. The number of nitrogens with one attached hydrogen (secondary N) is 3. The predicted octanol–water partition coefficient (Wildman–Crippen LogP) is 0.902. The van der Waals surface area contributed by atoms with E-state index in [2.05, 4.69) is 32.7 Å². The van der Waals surface area contributed by atoms with Crippen LogP contribution >= 0.6 is 12.2 Å². The van der Waals surface area contributed by atoms with E-state index < -0.39 is 17.3 Å². The van der Waals surface area contributed by atoms with Gasteiger partial charge in [-0.3, -0.25) is 14.6 Å². The first kappa shape index (κ1) is 13.7. The normalized spacial score (nSPS) is 10.6. The van der Waals surface area contributed by atoms with Crippen molar-refractivity contribution in [1.29, 1.82) is 0 Å². The summed E-state index contributed by atoms with van der Waals surface area (Å²) >= 11 is 4.68. The molecule has 8 heteroatoms. The zero-order valence-corrected chi connectivity index (χ0v) is 10.9. The summed E-state index contributed by atoms with van der Waals surface area (Å²) < 4.78 is -0.00188. The van der Waals surface area contributed by atoms with Gasteiger partial charge < -0.3 is 10.1 Å². The fraction of sp³-hybridized carbons (Fsp3) is 0. The molecule has 1 aromatic carbocycles. The fourth-order valence-corrected chi connectivity index (χ4v) is 1.60. The Balaban J connectivity index is 2.14. The zero-order chi connectivity index (χ0) is 14.5. The Kier molecular flexibility index (Phi) is 4.06. The first-order chi connectivity index (χ1) is 9.58. The number of carbonyl (C=O) groups is 1. The van der Waals surface area contributed by atoms with Crippen LogP contribution < -0.4 is 11.0 Å². The number of nitrogens with zero attached hydrogens (tertiary/aromatic N) is 1. The van der Waals surface area contributed by atoms with E-state index in [4.69, 9.17) is 0 Å². The summed E-state index contributed by atoms with van der Waals surface area (Å²) in [6, 6.07) is 8.45. The SMILES string of the molecule is O=C(N/N=C/c1c(O)[nH]c(=S)[nH]c1=O)c1ccccc1. The molecule has 4 N–H and O–H groups in total. The Morgan fingerprint density at radius 3 is 2.65 bits per heavy atom. The summed E-state index contributed by atoms with van der Waals surface area (Å²) in [7, 11) is 0. The summed E-state index contributed by atoms with van der Waals surface area (Å²) in [5.41, 5.74) is 1.93. The van der Waals surface area contributed by atoms with Crippen molar-refractivity contribution in [2.75, 3.05) is 0 Å². The van der Waals surface area contributed by atoms with Crippen LogP contribution in [0.5, 0.6) is 5.88 Å². The maximum atomic E-state index is 11.7. The summed E-state index contributed by atoms with van der Waals surface area (Å²) in [4.78, 5) is 27.8. The molecule has 0 saturated carbocycles. The zero-order valence-electron chi connectivity index (χ0n) is 10.1. The summed E-state index contributed by atoms with van der Waals surface area (Å²) in [6.45, 7) is 0. The molecule has 0 saturated heterocycles. The van der Waals surface area contributed by atoms with Crippen LogP contribution in [-0.2, 0) is 0 Å². The van der Waals surface area contributed by atoms with Crippen LogP contribution in [-0.4, -0.2) is 27.2 Å². The molecular weight excluding hydrogens is 280 g/mol. The maximum Gasteiger partial charge on any atom is 0.271 e. The van der Waals surface area contributed by atoms with E-state index in [0.29, 0.717) is 5.56 Å². The van der Waals surface area contributed by atoms with Gasteiger partial charge in [0.25, 0.3) is 11.5 Å². The number of hydrogen-bond donors (Lipinski definition) is 4. The molecule has 0 radical (unpaired) electrons. The van der Waals surface area contributed by atoms with Crippen LogP contribution in [0.25, 0.3) is 0 Å². The van der Waals surface area contributed by atoms with E-state index in [1.165, 1.54) is 0 Å². The number of H-pyrrole nitrogens is 2. The fourth-order valence-electron chi connectivity index (χ4n) is 1.41. The third-order valence-electron chi connectivity index (χ3n) is 2.35. The van der Waals surface area contributed by atoms with Gasteiger partial charge >= 0.3 is 0 Å². The lowest BCUT2D eigenvalue weighted by Crippen LogP contribution is -2.19. The van der Waals surface area contributed by atoms with Crippen LogP contribution in [0.1, 0.15) is 15.9 Å². The molecule has 20 heavy (non-hydrogen) atoms. The number of hydrazone groups is 1. The van der Waals surface area contributed by atoms with Crippen molar-refractivity contribution >= 4 is 24.3 Å². The lowest BCUT2D eigenvalue weighted by molar-refractivity contribution is 0.0955. The minimum atomic E-state index is -0.607. The predicted molar refractivity (Wildman–Crippen MR) is 75.4 cm³/mol. The summed E-state index contributed by atoms with van der Waals surface area (Å²) in [5.74, 6) is -0.849. The molecule has 0 aliphatic carbocycles. The monoisotopic (exact) mass is 290 g/mol. The molecule has 0 spiro atoms. The molecule has 1 heterocycles. The van der Waals surface area contributed by atoms with Crippen molar-refractivity contribution in [3.8, 4) is 5.88 Å². The first-order valence-electron chi connectivity index (χ1n) is 5.52. The minimum absolute atomic E-state index is 0.00188. The van der Waals surface area contributed by atoms with Crippen LogP contribution in [0, 0.1) is 4.77 Å². The van der Waals surface area contributed by atoms with E-state index in [-0.39, 0.29) is 10.3 Å². The largest absolute Gasteiger partial charge is 0.494 e. The average Bonchev–Trinajstić information content (AvgIpc) is 2.42. The van der Waals surface area contributed by atoms with Gasteiger partial charge in [0.2, 0.25) is 5.88 Å². The van der Waals surface area contributed by atoms with Crippen LogP contribution in [0.4, 0.5) is 0 Å². The number of benzene rings is 1. The second-order valence-corrected chi connectivity index (χ2v) is 4.14. The van der Waals surface area contributed by atoms with Crippen LogP contribution in [0.15, 0.2) is 40.2 Å². The highest BCUT2D eigenvalue weighted by atomic mass is 32.1. The molecular formula is C12H10N4O3S. The van der Waals surface area contributed by atoms with Gasteiger partial charge in [-0.05, 0) is 24.4 Å². The van der Waals surface area contributed by atoms with E-state index in [1.54, 1.807) is 30.3 Å². The third kappa shape index (κ3) is 3.18. The molecule has 0 aliphatic rings. The highest BCUT2D eigenvalue weighted by Crippen LogP contribution is 2.03. The van der Waals surface area contributed by atoms with Crippen molar-refractivity contribution < 1.29 is 9.90 Å². The molecule has 1 amide bonds. The number of aromatic hydroxyl groups is 1. The van der Waals surface area contributed by atoms with Gasteiger partial charge in [0.15, 0.2) is 4.77 Å². The maximum absolute atomic E-state index is 11.7. The molecule has 7 nitrogen and oxygen atoms in total. The number of aromatic nitrogens is 2. The molecule has 1 aromatic heterocycles.